The van der Waals surface area contributed by atoms with Gasteiger partial charge in [0.1, 0.15) is 6.61 Å². The van der Waals surface area contributed by atoms with Gasteiger partial charge in [-0.2, -0.15) is 0 Å². The van der Waals surface area contributed by atoms with Gasteiger partial charge in [0.25, 0.3) is 0 Å². The summed E-state index contributed by atoms with van der Waals surface area (Å²) in [6.45, 7) is 3.77. The first-order valence-electron chi connectivity index (χ1n) is 3.35. The number of rotatable bonds is 2. The third-order valence-corrected chi connectivity index (χ3v) is 1.78. The normalized spacial score (nSPS) is 10.1. The number of hydrogen-bond donors (Lipinski definition) is 0. The van der Waals surface area contributed by atoms with Crippen molar-refractivity contribution in [3.63, 3.8) is 0 Å². The summed E-state index contributed by atoms with van der Waals surface area (Å²) < 4.78 is 5.98. The molecule has 0 aliphatic heterocycles. The molecule has 0 N–H and O–H groups in total. The van der Waals surface area contributed by atoms with E-state index in [4.69, 9.17) is 4.74 Å². The van der Waals surface area contributed by atoms with Gasteiger partial charge in [0.2, 0.25) is 0 Å². The fourth-order valence-electron chi connectivity index (χ4n) is 0.969. The van der Waals surface area contributed by atoms with Gasteiger partial charge in [0, 0.05) is 11.6 Å². The fraction of sp³-hybridized carbons (Fsp3) is 0.222. The van der Waals surface area contributed by atoms with Crippen LogP contribution in [0.25, 0.3) is 0 Å². The maximum Gasteiger partial charge on any atom is 0.112 e. The van der Waals surface area contributed by atoms with Gasteiger partial charge in [-0.1, -0.05) is 22.0 Å². The highest BCUT2D eigenvalue weighted by Crippen LogP contribution is 2.16. The van der Waals surface area contributed by atoms with E-state index < -0.39 is 0 Å². The minimum absolute atomic E-state index is 1.08. The van der Waals surface area contributed by atoms with Crippen LogP contribution in [0, 0.1) is 13.5 Å². The van der Waals surface area contributed by atoms with E-state index in [1.807, 2.05) is 6.07 Å². The van der Waals surface area contributed by atoms with Crippen LogP contribution in [0.5, 0.6) is 0 Å². The molecule has 0 saturated carbocycles. The lowest BCUT2D eigenvalue weighted by atomic mass is 10.1. The topological polar surface area (TPSA) is 9.23 Å². The molecule has 0 bridgehead atoms. The monoisotopic (exact) mass is 213 g/mol. The second-order valence-corrected chi connectivity index (χ2v) is 3.33. The van der Waals surface area contributed by atoms with Crippen LogP contribution in [0.15, 0.2) is 22.7 Å². The van der Waals surface area contributed by atoms with E-state index in [0.29, 0.717) is 0 Å². The van der Waals surface area contributed by atoms with Crippen molar-refractivity contribution in [3.8, 4) is 0 Å². The van der Waals surface area contributed by atoms with Crippen LogP contribution in [-0.4, -0.2) is 7.11 Å². The molecule has 0 aliphatic rings. The highest BCUT2D eigenvalue weighted by atomic mass is 79.9. The molecule has 0 unspecified atom stereocenters. The zero-order valence-corrected chi connectivity index (χ0v) is 8.18. The summed E-state index contributed by atoms with van der Waals surface area (Å²) in [6, 6.07) is 6.14. The van der Waals surface area contributed by atoms with Crippen molar-refractivity contribution in [2.75, 3.05) is 7.11 Å². The second kappa shape index (κ2) is 3.88. The molecule has 1 radical (unpaired) electrons. The first-order chi connectivity index (χ1) is 5.22. The number of aryl methyl sites for hydroxylation is 1. The minimum Gasteiger partial charge on any atom is -0.374 e. The van der Waals surface area contributed by atoms with Gasteiger partial charge in [-0.15, -0.1) is 0 Å². The van der Waals surface area contributed by atoms with Gasteiger partial charge < -0.3 is 4.74 Å². The molecule has 1 nitrogen and oxygen atoms in total. The average Bonchev–Trinajstić information content (AvgIpc) is 1.85. The summed E-state index contributed by atoms with van der Waals surface area (Å²) in [4.78, 5) is 0. The van der Waals surface area contributed by atoms with Crippen LogP contribution in [0.1, 0.15) is 11.1 Å². The number of ether oxygens (including phenoxy) is 1. The molecule has 1 aromatic rings. The summed E-state index contributed by atoms with van der Waals surface area (Å²) in [5.41, 5.74) is 2.31. The van der Waals surface area contributed by atoms with Crippen molar-refractivity contribution in [1.82, 2.24) is 0 Å². The maximum absolute atomic E-state index is 4.89. The largest absolute Gasteiger partial charge is 0.374 e. The molecule has 2 heteroatoms. The molecule has 0 aromatic heterocycles. The third-order valence-electron chi connectivity index (χ3n) is 1.32. The van der Waals surface area contributed by atoms with Gasteiger partial charge >= 0.3 is 0 Å². The average molecular weight is 214 g/mol. The number of methoxy groups -OCH3 is 1. The Morgan fingerprint density at radius 2 is 2.09 bits per heavy atom. The Kier molecular flexibility index (Phi) is 3.09. The van der Waals surface area contributed by atoms with Crippen LogP contribution in [0.4, 0.5) is 0 Å². The Balaban J connectivity index is 2.89. The molecule has 0 heterocycles. The Bertz CT molecular complexity index is 225. The molecule has 0 aliphatic carbocycles. The standard InChI is InChI=1S/C9H10BrO/c1-7-3-8(6-11-2)5-9(10)4-7/h3-6H,1-2H3. The second-order valence-electron chi connectivity index (χ2n) is 2.42. The van der Waals surface area contributed by atoms with E-state index in [9.17, 15) is 0 Å². The predicted octanol–water partition coefficient (Wildman–Crippen LogP) is 2.91. The van der Waals surface area contributed by atoms with Crippen molar-refractivity contribution in [1.29, 1.82) is 0 Å². The lowest BCUT2D eigenvalue weighted by Gasteiger charge is -2.00. The van der Waals surface area contributed by atoms with Gasteiger partial charge in [0.05, 0.1) is 0 Å². The molecule has 1 rings (SSSR count). The SMILES string of the molecule is CO[CH]c1cc(C)cc(Br)c1. The smallest absolute Gasteiger partial charge is 0.112 e. The Labute approximate surface area is 75.5 Å². The van der Waals surface area contributed by atoms with E-state index in [1.165, 1.54) is 5.56 Å². The molecular weight excluding hydrogens is 204 g/mol. The molecule has 0 atom stereocenters. The molecule has 59 valence electrons. The summed E-state index contributed by atoms with van der Waals surface area (Å²) in [5.74, 6) is 0. The van der Waals surface area contributed by atoms with Crippen LogP contribution in [-0.2, 0) is 4.74 Å². The molecule has 0 saturated heterocycles. The van der Waals surface area contributed by atoms with Crippen molar-refractivity contribution in [2.24, 2.45) is 0 Å². The molecule has 0 amide bonds. The summed E-state index contributed by atoms with van der Waals surface area (Å²) in [5, 5.41) is 0. The Hall–Kier alpha value is -0.340. The maximum atomic E-state index is 4.89. The van der Waals surface area contributed by atoms with Gasteiger partial charge in [-0.05, 0) is 30.2 Å². The zero-order valence-electron chi connectivity index (χ0n) is 6.60. The zero-order chi connectivity index (χ0) is 8.27. The van der Waals surface area contributed by atoms with E-state index in [2.05, 4.69) is 35.0 Å². The molecule has 11 heavy (non-hydrogen) atoms. The van der Waals surface area contributed by atoms with Crippen molar-refractivity contribution >= 4 is 15.9 Å². The molecule has 0 fully saturated rings. The highest BCUT2D eigenvalue weighted by Gasteiger charge is 1.95. The van der Waals surface area contributed by atoms with E-state index in [-0.39, 0.29) is 0 Å². The number of benzene rings is 1. The van der Waals surface area contributed by atoms with Crippen molar-refractivity contribution < 1.29 is 4.74 Å². The van der Waals surface area contributed by atoms with Crippen LogP contribution in [0.3, 0.4) is 0 Å². The van der Waals surface area contributed by atoms with Gasteiger partial charge in [-0.3, -0.25) is 0 Å². The molecule has 0 spiro atoms. The lowest BCUT2D eigenvalue weighted by Crippen LogP contribution is -1.85. The summed E-state index contributed by atoms with van der Waals surface area (Å²) in [7, 11) is 1.65. The van der Waals surface area contributed by atoms with Gasteiger partial charge in [-0.25, -0.2) is 0 Å². The van der Waals surface area contributed by atoms with Crippen LogP contribution >= 0.6 is 15.9 Å². The van der Waals surface area contributed by atoms with E-state index >= 15 is 0 Å². The first-order valence-corrected chi connectivity index (χ1v) is 4.15. The fourth-order valence-corrected chi connectivity index (χ4v) is 1.59. The number of halogens is 1. The van der Waals surface area contributed by atoms with Crippen molar-refractivity contribution in [3.05, 3.63) is 40.4 Å². The van der Waals surface area contributed by atoms with E-state index in [0.717, 1.165) is 10.0 Å². The Morgan fingerprint density at radius 3 is 2.64 bits per heavy atom. The molecular formula is C9H10BrO. The highest BCUT2D eigenvalue weighted by molar-refractivity contribution is 9.10. The third kappa shape index (κ3) is 2.64. The summed E-state index contributed by atoms with van der Waals surface area (Å²) in [6.07, 6.45) is 0. The molecule has 1 aromatic carbocycles. The number of hydrogen-bond acceptors (Lipinski definition) is 1. The minimum atomic E-state index is 1.08. The van der Waals surface area contributed by atoms with Crippen molar-refractivity contribution in [2.45, 2.75) is 6.92 Å². The van der Waals surface area contributed by atoms with Crippen LogP contribution in [0.2, 0.25) is 0 Å². The first kappa shape index (κ1) is 8.75. The predicted molar refractivity (Wildman–Crippen MR) is 49.3 cm³/mol. The Morgan fingerprint density at radius 1 is 1.36 bits per heavy atom. The lowest BCUT2D eigenvalue weighted by molar-refractivity contribution is 0.292. The quantitative estimate of drug-likeness (QED) is 0.735. The van der Waals surface area contributed by atoms with E-state index in [1.54, 1.807) is 13.7 Å². The summed E-state index contributed by atoms with van der Waals surface area (Å²) >= 11 is 3.41. The van der Waals surface area contributed by atoms with Gasteiger partial charge in [0.15, 0.2) is 0 Å². The van der Waals surface area contributed by atoms with Crippen LogP contribution < -0.4 is 0 Å².